The summed E-state index contributed by atoms with van der Waals surface area (Å²) >= 11 is 0. The molecule has 1 aliphatic heterocycles. The molecule has 0 spiro atoms. The molecule has 1 aromatic heterocycles. The van der Waals surface area contributed by atoms with E-state index >= 15 is 0 Å². The Hall–Kier alpha value is -7.10. The molecule has 272 valence electrons. The van der Waals surface area contributed by atoms with E-state index in [2.05, 4.69) is 212 Å². The number of nitrogens with zero attached hydrogens (tertiary/aromatic N) is 1. The summed E-state index contributed by atoms with van der Waals surface area (Å²) in [4.78, 5) is 2.42. The number of hydrogen-bond donors (Lipinski definition) is 1. The van der Waals surface area contributed by atoms with Gasteiger partial charge in [-0.05, 0) is 91.9 Å². The highest BCUT2D eigenvalue weighted by atomic mass is 16.3. The first-order valence-electron chi connectivity index (χ1n) is 19.8. The van der Waals surface area contributed by atoms with Crippen molar-refractivity contribution < 1.29 is 4.42 Å². The zero-order chi connectivity index (χ0) is 38.1. The normalized spacial score (nSPS) is 14.2. The molecule has 3 nitrogen and oxygen atoms in total. The lowest BCUT2D eigenvalue weighted by Gasteiger charge is -2.29. The van der Waals surface area contributed by atoms with E-state index in [1.54, 1.807) is 0 Å². The maximum Gasteiger partial charge on any atom is 0.138 e. The Morgan fingerprint density at radius 3 is 1.91 bits per heavy atom. The van der Waals surface area contributed by atoms with Crippen LogP contribution in [0.1, 0.15) is 36.1 Å². The Balaban J connectivity index is 1.12. The van der Waals surface area contributed by atoms with Crippen molar-refractivity contribution >= 4 is 61.0 Å². The highest BCUT2D eigenvalue weighted by Gasteiger charge is 2.36. The summed E-state index contributed by atoms with van der Waals surface area (Å²) in [6.45, 7) is 5.43. The largest absolute Gasteiger partial charge is 0.456 e. The Bertz CT molecular complexity index is 3080. The third-order valence-electron chi connectivity index (χ3n) is 12.1. The fraction of sp³-hybridized carbons (Fsp3) is 0.0741. The van der Waals surface area contributed by atoms with Crippen LogP contribution in [-0.2, 0) is 5.41 Å². The van der Waals surface area contributed by atoms with Gasteiger partial charge in [0, 0.05) is 51.3 Å². The van der Waals surface area contributed by atoms with E-state index in [4.69, 9.17) is 4.42 Å². The van der Waals surface area contributed by atoms with E-state index in [0.717, 1.165) is 51.2 Å². The van der Waals surface area contributed by atoms with Crippen molar-refractivity contribution in [2.75, 3.05) is 11.4 Å². The van der Waals surface area contributed by atoms with Crippen molar-refractivity contribution in [2.45, 2.75) is 19.3 Å². The maximum absolute atomic E-state index is 6.88. The Kier molecular flexibility index (Phi) is 7.58. The summed E-state index contributed by atoms with van der Waals surface area (Å²) in [6, 6.07) is 63.5. The van der Waals surface area contributed by atoms with E-state index in [1.165, 1.54) is 60.9 Å². The molecule has 0 radical (unpaired) electrons. The first-order valence-corrected chi connectivity index (χ1v) is 19.8. The number of furan rings is 1. The van der Waals surface area contributed by atoms with Gasteiger partial charge < -0.3 is 14.6 Å². The zero-order valence-corrected chi connectivity index (χ0v) is 32.0. The van der Waals surface area contributed by atoms with Crippen molar-refractivity contribution in [3.8, 4) is 22.3 Å². The molecular weight excluding hydrogens is 693 g/mol. The molecular formula is C54H40N2O. The molecule has 3 heteroatoms. The Labute approximate surface area is 332 Å². The maximum atomic E-state index is 6.88. The molecule has 0 saturated heterocycles. The van der Waals surface area contributed by atoms with Gasteiger partial charge in [0.15, 0.2) is 0 Å². The highest BCUT2D eigenvalue weighted by molar-refractivity contribution is 6.24. The lowest BCUT2D eigenvalue weighted by Crippen LogP contribution is -2.18. The molecule has 1 N–H and O–H groups in total. The molecule has 9 aromatic rings. The summed E-state index contributed by atoms with van der Waals surface area (Å²) in [5.74, 6) is 0. The van der Waals surface area contributed by atoms with Gasteiger partial charge in [-0.25, -0.2) is 0 Å². The average molecular weight is 733 g/mol. The molecule has 0 unspecified atom stereocenters. The molecule has 1 aliphatic carbocycles. The predicted octanol–water partition coefficient (Wildman–Crippen LogP) is 14.2. The Morgan fingerprint density at radius 1 is 0.491 bits per heavy atom. The van der Waals surface area contributed by atoms with Gasteiger partial charge in [0.1, 0.15) is 11.2 Å². The minimum atomic E-state index is -0.133. The van der Waals surface area contributed by atoms with Gasteiger partial charge in [0.2, 0.25) is 0 Å². The first-order chi connectivity index (χ1) is 28.0. The van der Waals surface area contributed by atoms with Crippen LogP contribution >= 0.6 is 0 Å². The van der Waals surface area contributed by atoms with Crippen LogP contribution in [0.5, 0.6) is 0 Å². The van der Waals surface area contributed by atoms with E-state index < -0.39 is 0 Å². The topological polar surface area (TPSA) is 28.4 Å². The van der Waals surface area contributed by atoms with Gasteiger partial charge in [0.25, 0.3) is 0 Å². The molecule has 0 bridgehead atoms. The molecule has 0 amide bonds. The van der Waals surface area contributed by atoms with Crippen LogP contribution in [-0.4, -0.2) is 6.54 Å². The minimum absolute atomic E-state index is 0.133. The van der Waals surface area contributed by atoms with Gasteiger partial charge >= 0.3 is 0 Å². The summed E-state index contributed by atoms with van der Waals surface area (Å²) in [7, 11) is 0. The highest BCUT2D eigenvalue weighted by Crippen LogP contribution is 2.52. The number of rotatable bonds is 6. The smallest absolute Gasteiger partial charge is 0.138 e. The van der Waals surface area contributed by atoms with E-state index in [1.807, 2.05) is 0 Å². The van der Waals surface area contributed by atoms with Gasteiger partial charge in [0.05, 0.1) is 5.69 Å². The third-order valence-corrected chi connectivity index (χ3v) is 12.1. The van der Waals surface area contributed by atoms with Crippen LogP contribution in [0.15, 0.2) is 192 Å². The van der Waals surface area contributed by atoms with Crippen LogP contribution < -0.4 is 10.2 Å². The van der Waals surface area contributed by atoms with E-state index in [0.29, 0.717) is 0 Å². The zero-order valence-electron chi connectivity index (χ0n) is 32.0. The quantitative estimate of drug-likeness (QED) is 0.184. The lowest BCUT2D eigenvalue weighted by atomic mass is 9.82. The molecule has 57 heavy (non-hydrogen) atoms. The average Bonchev–Trinajstić information content (AvgIpc) is 3.76. The molecule has 2 heterocycles. The van der Waals surface area contributed by atoms with Gasteiger partial charge in [-0.15, -0.1) is 0 Å². The summed E-state index contributed by atoms with van der Waals surface area (Å²) in [5.41, 5.74) is 17.4. The van der Waals surface area contributed by atoms with Crippen molar-refractivity contribution in [3.05, 3.63) is 210 Å². The van der Waals surface area contributed by atoms with Crippen LogP contribution in [0, 0.1) is 0 Å². The van der Waals surface area contributed by atoms with E-state index in [9.17, 15) is 0 Å². The molecule has 0 saturated carbocycles. The number of fused-ring (bicyclic) bond motifs is 8. The molecule has 11 rings (SSSR count). The van der Waals surface area contributed by atoms with Crippen LogP contribution in [0.2, 0.25) is 0 Å². The van der Waals surface area contributed by atoms with Crippen molar-refractivity contribution in [1.29, 1.82) is 0 Å². The lowest BCUT2D eigenvalue weighted by molar-refractivity contribution is 0.660. The number of dihydropyridines is 1. The number of hydrogen-bond acceptors (Lipinski definition) is 3. The van der Waals surface area contributed by atoms with Crippen molar-refractivity contribution in [2.24, 2.45) is 0 Å². The number of anilines is 3. The number of allylic oxidation sites excluding steroid dienone is 2. The number of nitrogens with one attached hydrogen (secondary N) is 1. The summed E-state index contributed by atoms with van der Waals surface area (Å²) < 4.78 is 6.88. The Morgan fingerprint density at radius 2 is 1.14 bits per heavy atom. The predicted molar refractivity (Wildman–Crippen MR) is 239 cm³/mol. The summed E-state index contributed by atoms with van der Waals surface area (Å²) in [5, 5.41) is 8.31. The fourth-order valence-corrected chi connectivity index (χ4v) is 9.30. The van der Waals surface area contributed by atoms with Gasteiger partial charge in [-0.1, -0.05) is 159 Å². The molecule has 2 aliphatic rings. The standard InChI is InChI=1S/C54H40N2O/c1-54(2)46-22-12-11-18-42(46)43-30-29-40(32-47(43)54)56(39-27-24-36(25-28-39)35-14-5-3-6-15-35)49-33-51-53(45-20-10-9-19-44(45)49)52-41(21-13-23-50(52)57-51)38-26-31-48(55-34-38)37-16-7-4-8-17-37/h3-33,55H,34H2,1-2H3. The van der Waals surface area contributed by atoms with Crippen molar-refractivity contribution in [1.82, 2.24) is 5.32 Å². The van der Waals surface area contributed by atoms with Crippen LogP contribution in [0.3, 0.4) is 0 Å². The second-order valence-corrected chi connectivity index (χ2v) is 15.7. The first kappa shape index (κ1) is 33.3. The minimum Gasteiger partial charge on any atom is -0.456 e. The van der Waals surface area contributed by atoms with Gasteiger partial charge in [-0.2, -0.15) is 0 Å². The number of benzene rings is 8. The summed E-state index contributed by atoms with van der Waals surface area (Å²) in [6.07, 6.45) is 4.46. The van der Waals surface area contributed by atoms with Crippen molar-refractivity contribution in [3.63, 3.8) is 0 Å². The molecule has 0 fully saturated rings. The van der Waals surface area contributed by atoms with Crippen LogP contribution in [0.25, 0.3) is 66.2 Å². The molecule has 8 aromatic carbocycles. The third kappa shape index (κ3) is 5.34. The monoisotopic (exact) mass is 732 g/mol. The second-order valence-electron chi connectivity index (χ2n) is 15.7. The SMILES string of the molecule is CC1(C)c2ccccc2-c2ccc(N(c3ccc(-c4ccccc4)cc3)c3cc4oc5cccc(C6=CC=C(c7ccccc7)NC6)c5c4c4ccccc34)cc21. The van der Waals surface area contributed by atoms with Gasteiger partial charge in [-0.3, -0.25) is 0 Å². The fourth-order valence-electron chi connectivity index (χ4n) is 9.30. The van der Waals surface area contributed by atoms with E-state index in [-0.39, 0.29) is 5.41 Å². The second kappa shape index (κ2) is 13.0. The van der Waals surface area contributed by atoms with Crippen LogP contribution in [0.4, 0.5) is 17.1 Å². The molecule has 0 atom stereocenters.